The molecule has 1 aromatic carbocycles. The van der Waals surface area contributed by atoms with E-state index in [-0.39, 0.29) is 5.56 Å². The maximum atomic E-state index is 12.3. The minimum absolute atomic E-state index is 0.0440. The second kappa shape index (κ2) is 7.36. The third-order valence-corrected chi connectivity index (χ3v) is 5.99. The molecule has 0 bridgehead atoms. The summed E-state index contributed by atoms with van der Waals surface area (Å²) in [5.41, 5.74) is 4.63. The van der Waals surface area contributed by atoms with Crippen LogP contribution in [-0.4, -0.2) is 52.4 Å². The number of benzene rings is 1. The lowest BCUT2D eigenvalue weighted by atomic mass is 10.1. The third kappa shape index (κ3) is 3.29. The summed E-state index contributed by atoms with van der Waals surface area (Å²) in [5, 5.41) is 5.81. The second-order valence-corrected chi connectivity index (χ2v) is 7.71. The summed E-state index contributed by atoms with van der Waals surface area (Å²) in [4.78, 5) is 21.6. The van der Waals surface area contributed by atoms with Crippen LogP contribution in [0.4, 0.5) is 5.69 Å². The van der Waals surface area contributed by atoms with Gasteiger partial charge in [-0.15, -0.1) is 0 Å². The first kappa shape index (κ1) is 17.4. The number of fused-ring (bicyclic) bond motifs is 2. The minimum atomic E-state index is 0.0440. The maximum Gasteiger partial charge on any atom is 0.267 e. The zero-order valence-electron chi connectivity index (χ0n) is 16.0. The summed E-state index contributed by atoms with van der Waals surface area (Å²) < 4.78 is 1.66. The molecule has 5 rings (SSSR count). The van der Waals surface area contributed by atoms with Gasteiger partial charge in [0.05, 0.1) is 17.8 Å². The monoisotopic (exact) mass is 375 g/mol. The highest BCUT2D eigenvalue weighted by molar-refractivity contribution is 5.91. The van der Waals surface area contributed by atoms with Gasteiger partial charge < -0.3 is 4.90 Å². The molecule has 0 atom stereocenters. The SMILES string of the molecule is O=c1cc2c(nn1CCN1CCN(c3ccnc4ccccc34)CC1)CCC2. The van der Waals surface area contributed by atoms with Crippen LogP contribution < -0.4 is 10.5 Å². The Labute approximate surface area is 164 Å². The van der Waals surface area contributed by atoms with Crippen LogP contribution in [0.1, 0.15) is 17.7 Å². The van der Waals surface area contributed by atoms with E-state index < -0.39 is 0 Å². The van der Waals surface area contributed by atoms with Gasteiger partial charge >= 0.3 is 0 Å². The molecule has 3 aromatic rings. The molecular weight excluding hydrogens is 350 g/mol. The first-order valence-electron chi connectivity index (χ1n) is 10.2. The molecule has 6 nitrogen and oxygen atoms in total. The van der Waals surface area contributed by atoms with Gasteiger partial charge in [0.15, 0.2) is 0 Å². The number of piperazine rings is 1. The summed E-state index contributed by atoms with van der Waals surface area (Å²) in [6.45, 7) is 5.51. The van der Waals surface area contributed by atoms with E-state index in [4.69, 9.17) is 0 Å². The van der Waals surface area contributed by atoms with Crippen molar-refractivity contribution in [3.8, 4) is 0 Å². The van der Waals surface area contributed by atoms with Crippen LogP contribution in [-0.2, 0) is 19.4 Å². The number of aromatic nitrogens is 3. The highest BCUT2D eigenvalue weighted by Gasteiger charge is 2.20. The van der Waals surface area contributed by atoms with Crippen LogP contribution in [0, 0.1) is 0 Å². The quantitative estimate of drug-likeness (QED) is 0.699. The van der Waals surface area contributed by atoms with Gasteiger partial charge in [0.2, 0.25) is 0 Å². The van der Waals surface area contributed by atoms with Gasteiger partial charge in [-0.1, -0.05) is 18.2 Å². The molecular formula is C22H25N5O. The molecule has 1 fully saturated rings. The molecule has 2 aromatic heterocycles. The summed E-state index contributed by atoms with van der Waals surface area (Å²) >= 11 is 0. The van der Waals surface area contributed by atoms with Gasteiger partial charge in [0, 0.05) is 56.1 Å². The Hall–Kier alpha value is -2.73. The molecule has 28 heavy (non-hydrogen) atoms. The largest absolute Gasteiger partial charge is 0.368 e. The van der Waals surface area contributed by atoms with Crippen molar-refractivity contribution in [3.63, 3.8) is 0 Å². The second-order valence-electron chi connectivity index (χ2n) is 7.71. The predicted octanol–water partition coefficient (Wildman–Crippen LogP) is 2.10. The molecule has 0 spiro atoms. The Morgan fingerprint density at radius 1 is 0.964 bits per heavy atom. The third-order valence-electron chi connectivity index (χ3n) is 5.99. The molecule has 0 radical (unpaired) electrons. The van der Waals surface area contributed by atoms with Gasteiger partial charge in [-0.05, 0) is 37.0 Å². The molecule has 2 aliphatic rings. The van der Waals surface area contributed by atoms with Crippen LogP contribution in [0.2, 0.25) is 0 Å². The van der Waals surface area contributed by atoms with Crippen LogP contribution in [0.5, 0.6) is 0 Å². The van der Waals surface area contributed by atoms with E-state index in [1.54, 1.807) is 10.7 Å². The van der Waals surface area contributed by atoms with E-state index >= 15 is 0 Å². The summed E-state index contributed by atoms with van der Waals surface area (Å²) in [7, 11) is 0. The van der Waals surface area contributed by atoms with Gasteiger partial charge in [-0.3, -0.25) is 14.7 Å². The van der Waals surface area contributed by atoms with Crippen LogP contribution in [0.3, 0.4) is 0 Å². The molecule has 6 heteroatoms. The lowest BCUT2D eigenvalue weighted by Gasteiger charge is -2.36. The Morgan fingerprint density at radius 3 is 2.71 bits per heavy atom. The van der Waals surface area contributed by atoms with Crippen molar-refractivity contribution in [2.75, 3.05) is 37.6 Å². The first-order valence-corrected chi connectivity index (χ1v) is 10.2. The summed E-state index contributed by atoms with van der Waals surface area (Å²) in [6, 6.07) is 12.2. The molecule has 0 amide bonds. The van der Waals surface area contributed by atoms with Gasteiger partial charge in [0.1, 0.15) is 0 Å². The average molecular weight is 375 g/mol. The van der Waals surface area contributed by atoms with Crippen molar-refractivity contribution < 1.29 is 0 Å². The Morgan fingerprint density at radius 2 is 1.82 bits per heavy atom. The fraction of sp³-hybridized carbons (Fsp3) is 0.409. The number of nitrogens with zero attached hydrogens (tertiary/aromatic N) is 5. The van der Waals surface area contributed by atoms with Crippen molar-refractivity contribution >= 4 is 16.6 Å². The lowest BCUT2D eigenvalue weighted by Crippen LogP contribution is -2.47. The molecule has 3 heterocycles. The highest BCUT2D eigenvalue weighted by Crippen LogP contribution is 2.26. The first-order chi connectivity index (χ1) is 13.8. The van der Waals surface area contributed by atoms with E-state index in [2.05, 4.69) is 44.1 Å². The van der Waals surface area contributed by atoms with Crippen molar-refractivity contribution in [1.82, 2.24) is 19.7 Å². The molecule has 1 aliphatic heterocycles. The number of pyridine rings is 1. The lowest BCUT2D eigenvalue weighted by molar-refractivity contribution is 0.242. The fourth-order valence-corrected chi connectivity index (χ4v) is 4.40. The van der Waals surface area contributed by atoms with E-state index in [0.717, 1.165) is 68.8 Å². The molecule has 1 saturated heterocycles. The fourth-order valence-electron chi connectivity index (χ4n) is 4.40. The van der Waals surface area contributed by atoms with E-state index in [1.807, 2.05) is 12.3 Å². The van der Waals surface area contributed by atoms with Crippen molar-refractivity contribution in [2.24, 2.45) is 0 Å². The minimum Gasteiger partial charge on any atom is -0.368 e. The number of aryl methyl sites for hydroxylation is 2. The maximum absolute atomic E-state index is 12.3. The van der Waals surface area contributed by atoms with Crippen molar-refractivity contribution in [3.05, 3.63) is 64.2 Å². The van der Waals surface area contributed by atoms with Crippen LogP contribution in [0.25, 0.3) is 10.9 Å². The van der Waals surface area contributed by atoms with E-state index in [1.165, 1.54) is 11.1 Å². The van der Waals surface area contributed by atoms with Crippen LogP contribution >= 0.6 is 0 Å². The molecule has 0 unspecified atom stereocenters. The number of para-hydroxylation sites is 1. The number of rotatable bonds is 4. The number of anilines is 1. The molecule has 144 valence electrons. The number of hydrogen-bond donors (Lipinski definition) is 0. The summed E-state index contributed by atoms with van der Waals surface area (Å²) in [5.74, 6) is 0. The molecule has 0 N–H and O–H groups in total. The van der Waals surface area contributed by atoms with Crippen LogP contribution in [0.15, 0.2) is 47.4 Å². The Balaban J connectivity index is 1.23. The zero-order valence-corrected chi connectivity index (χ0v) is 16.0. The van der Waals surface area contributed by atoms with E-state index in [0.29, 0.717) is 6.54 Å². The molecule has 1 aliphatic carbocycles. The smallest absolute Gasteiger partial charge is 0.267 e. The highest BCUT2D eigenvalue weighted by atomic mass is 16.1. The topological polar surface area (TPSA) is 54.3 Å². The Bertz CT molecular complexity index is 1050. The Kier molecular flexibility index (Phi) is 4.56. The predicted molar refractivity (Wildman–Crippen MR) is 111 cm³/mol. The van der Waals surface area contributed by atoms with Gasteiger partial charge in [0.25, 0.3) is 5.56 Å². The standard InChI is InChI=1S/C22H25N5O/c28-22-16-17-4-3-7-19(17)24-27(22)15-12-25-10-13-26(14-11-25)21-8-9-23-20-6-2-1-5-18(20)21/h1-2,5-6,8-9,16H,3-4,7,10-15H2. The van der Waals surface area contributed by atoms with E-state index in [9.17, 15) is 4.79 Å². The zero-order chi connectivity index (χ0) is 18.9. The average Bonchev–Trinajstić information content (AvgIpc) is 3.19. The van der Waals surface area contributed by atoms with Gasteiger partial charge in [-0.2, -0.15) is 5.10 Å². The molecule has 0 saturated carbocycles. The summed E-state index contributed by atoms with van der Waals surface area (Å²) in [6.07, 6.45) is 5.03. The van der Waals surface area contributed by atoms with Crippen molar-refractivity contribution in [1.29, 1.82) is 0 Å². The normalized spacial score (nSPS) is 17.2. The van der Waals surface area contributed by atoms with Gasteiger partial charge in [-0.25, -0.2) is 4.68 Å². The number of hydrogen-bond acceptors (Lipinski definition) is 5. The van der Waals surface area contributed by atoms with Crippen molar-refractivity contribution in [2.45, 2.75) is 25.8 Å².